The Balaban J connectivity index is 4.62. The number of hydrogen-bond acceptors (Lipinski definition) is 5. The second-order valence-corrected chi connectivity index (χ2v) is 13.5. The molecule has 266 valence electrons. The van der Waals surface area contributed by atoms with Crippen LogP contribution in [0.5, 0.6) is 0 Å². The molecule has 0 rings (SSSR count). The Morgan fingerprint density at radius 3 is 1.24 bits per heavy atom. The van der Waals surface area contributed by atoms with E-state index in [0.717, 1.165) is 57.8 Å². The third-order valence-electron chi connectivity index (χ3n) is 9.00. The Morgan fingerprint density at radius 1 is 0.489 bits per heavy atom. The number of aliphatic carboxylic acids is 1. The van der Waals surface area contributed by atoms with Gasteiger partial charge in [-0.25, -0.2) is 0 Å². The van der Waals surface area contributed by atoms with Gasteiger partial charge in [0, 0.05) is 19.3 Å². The summed E-state index contributed by atoms with van der Waals surface area (Å²) < 4.78 is 11.3. The number of rotatable bonds is 35. The van der Waals surface area contributed by atoms with Crippen LogP contribution in [0.2, 0.25) is 0 Å². The largest absolute Gasteiger partial charge is 0.481 e. The normalized spacial score (nSPS) is 12.6. The van der Waals surface area contributed by atoms with Gasteiger partial charge in [0.05, 0.1) is 5.92 Å². The molecule has 0 aromatic rings. The van der Waals surface area contributed by atoms with Crippen molar-refractivity contribution in [3.8, 4) is 0 Å². The average molecular weight is 639 g/mol. The molecule has 2 atom stereocenters. The van der Waals surface area contributed by atoms with Crippen molar-refractivity contribution in [1.82, 2.24) is 0 Å². The molecule has 0 amide bonds. The lowest BCUT2D eigenvalue weighted by atomic mass is 9.94. The summed E-state index contributed by atoms with van der Waals surface area (Å²) in [6.45, 7) is 6.62. The Kier molecular flexibility index (Phi) is 32.6. The summed E-state index contributed by atoms with van der Waals surface area (Å²) in [6, 6.07) is 0. The lowest BCUT2D eigenvalue weighted by molar-refractivity contribution is -0.162. The Hall–Kier alpha value is -1.59. The molecule has 0 saturated carbocycles. The molecular weight excluding hydrogens is 564 g/mol. The highest BCUT2D eigenvalue weighted by Gasteiger charge is 2.26. The number of hydrogen-bond donors (Lipinski definition) is 1. The minimum atomic E-state index is -0.862. The molecule has 0 bridgehead atoms. The molecule has 45 heavy (non-hydrogen) atoms. The molecule has 0 aliphatic carbocycles. The topological polar surface area (TPSA) is 89.9 Å². The molecule has 0 aromatic carbocycles. The van der Waals surface area contributed by atoms with Crippen LogP contribution >= 0.6 is 0 Å². The van der Waals surface area contributed by atoms with Crippen molar-refractivity contribution in [3.63, 3.8) is 0 Å². The van der Waals surface area contributed by atoms with E-state index >= 15 is 0 Å². The quantitative estimate of drug-likeness (QED) is 0.0548. The van der Waals surface area contributed by atoms with Crippen LogP contribution in [0.25, 0.3) is 0 Å². The van der Waals surface area contributed by atoms with E-state index in [9.17, 15) is 19.5 Å². The van der Waals surface area contributed by atoms with Crippen LogP contribution in [-0.2, 0) is 23.9 Å². The van der Waals surface area contributed by atoms with E-state index < -0.39 is 18.0 Å². The lowest BCUT2D eigenvalue weighted by Crippen LogP contribution is -2.30. The summed E-state index contributed by atoms with van der Waals surface area (Å²) in [5, 5.41) is 9.92. The van der Waals surface area contributed by atoms with Crippen LogP contribution in [-0.4, -0.2) is 35.7 Å². The van der Waals surface area contributed by atoms with Crippen LogP contribution < -0.4 is 0 Å². The highest BCUT2D eigenvalue weighted by Crippen LogP contribution is 2.21. The monoisotopic (exact) mass is 639 g/mol. The second kappa shape index (κ2) is 33.8. The second-order valence-electron chi connectivity index (χ2n) is 13.5. The first-order valence-corrected chi connectivity index (χ1v) is 19.5. The molecule has 0 saturated heterocycles. The van der Waals surface area contributed by atoms with Crippen LogP contribution in [0.3, 0.4) is 0 Å². The van der Waals surface area contributed by atoms with E-state index in [4.69, 9.17) is 9.47 Å². The number of carbonyl (C=O) groups excluding carboxylic acids is 2. The molecule has 0 aliphatic heterocycles. The minimum Gasteiger partial charge on any atom is -0.481 e. The fraction of sp³-hybridized carbons (Fsp3) is 0.923. The number of unbranched alkanes of at least 4 members (excludes halogenated alkanes) is 23. The first-order chi connectivity index (χ1) is 21.9. The molecule has 0 heterocycles. The molecular formula is C39H74O6. The van der Waals surface area contributed by atoms with E-state index in [1.807, 2.05) is 0 Å². The van der Waals surface area contributed by atoms with Gasteiger partial charge in [0.2, 0.25) is 0 Å². The van der Waals surface area contributed by atoms with Crippen LogP contribution in [0, 0.1) is 5.92 Å². The van der Waals surface area contributed by atoms with Gasteiger partial charge in [-0.3, -0.25) is 14.4 Å². The van der Waals surface area contributed by atoms with Crippen molar-refractivity contribution in [3.05, 3.63) is 0 Å². The Morgan fingerprint density at radius 2 is 0.844 bits per heavy atom. The number of ether oxygens (including phenoxy) is 2. The Labute approximate surface area is 278 Å². The summed E-state index contributed by atoms with van der Waals surface area (Å²) in [5.74, 6) is -2.06. The average Bonchev–Trinajstić information content (AvgIpc) is 3.02. The number of esters is 2. The van der Waals surface area contributed by atoms with Gasteiger partial charge in [0.1, 0.15) is 12.7 Å². The van der Waals surface area contributed by atoms with Crippen molar-refractivity contribution >= 4 is 17.9 Å². The van der Waals surface area contributed by atoms with Crippen LogP contribution in [0.1, 0.15) is 213 Å². The minimum absolute atomic E-state index is 0.0546. The summed E-state index contributed by atoms with van der Waals surface area (Å²) in [7, 11) is 0. The molecule has 0 aliphatic rings. The van der Waals surface area contributed by atoms with Gasteiger partial charge in [0.25, 0.3) is 0 Å². The lowest BCUT2D eigenvalue weighted by Gasteiger charge is -2.22. The fourth-order valence-corrected chi connectivity index (χ4v) is 6.00. The predicted molar refractivity (Wildman–Crippen MR) is 187 cm³/mol. The van der Waals surface area contributed by atoms with E-state index in [1.165, 1.54) is 109 Å². The van der Waals surface area contributed by atoms with Gasteiger partial charge in [-0.2, -0.15) is 0 Å². The van der Waals surface area contributed by atoms with Gasteiger partial charge in [-0.15, -0.1) is 0 Å². The van der Waals surface area contributed by atoms with Gasteiger partial charge < -0.3 is 14.6 Å². The standard InChI is InChI=1S/C39H74O6/c1-4-7-10-13-16-19-22-25-28-31-37(40)44-34-36(45-38(41)32-29-26-23-20-17-14-11-8-5-2)33-35(39(42)43)30-27-24-21-18-15-12-9-6-3/h35-36H,4-34H2,1-3H3,(H,42,43). The molecule has 0 radical (unpaired) electrons. The van der Waals surface area contributed by atoms with Gasteiger partial charge in [-0.05, 0) is 19.3 Å². The van der Waals surface area contributed by atoms with Crippen molar-refractivity contribution < 1.29 is 29.0 Å². The SMILES string of the molecule is CCCCCCCCCCCC(=O)OCC(CC(CCCCCCCCCC)C(=O)O)OC(=O)CCCCCCCCCCC. The maximum Gasteiger partial charge on any atom is 0.306 e. The molecule has 0 fully saturated rings. The molecule has 0 spiro atoms. The summed E-state index contributed by atoms with van der Waals surface area (Å²) in [4.78, 5) is 37.3. The van der Waals surface area contributed by atoms with Crippen molar-refractivity contribution in [2.75, 3.05) is 6.61 Å². The summed E-state index contributed by atoms with van der Waals surface area (Å²) >= 11 is 0. The number of carboxylic acids is 1. The van der Waals surface area contributed by atoms with Gasteiger partial charge in [-0.1, -0.05) is 175 Å². The summed E-state index contributed by atoms with van der Waals surface area (Å²) in [6.07, 6.45) is 31.1. The zero-order valence-corrected chi connectivity index (χ0v) is 30.1. The van der Waals surface area contributed by atoms with Gasteiger partial charge in [0.15, 0.2) is 0 Å². The first-order valence-electron chi connectivity index (χ1n) is 19.5. The zero-order valence-electron chi connectivity index (χ0n) is 30.1. The molecule has 6 nitrogen and oxygen atoms in total. The molecule has 6 heteroatoms. The van der Waals surface area contributed by atoms with E-state index in [2.05, 4.69) is 20.8 Å². The fourth-order valence-electron chi connectivity index (χ4n) is 6.00. The summed E-state index contributed by atoms with van der Waals surface area (Å²) in [5.41, 5.74) is 0. The Bertz CT molecular complexity index is 678. The van der Waals surface area contributed by atoms with Crippen molar-refractivity contribution in [2.45, 2.75) is 219 Å². The third kappa shape index (κ3) is 30.8. The smallest absolute Gasteiger partial charge is 0.306 e. The van der Waals surface area contributed by atoms with Crippen molar-refractivity contribution in [1.29, 1.82) is 0 Å². The maximum atomic E-state index is 12.7. The van der Waals surface area contributed by atoms with Gasteiger partial charge >= 0.3 is 17.9 Å². The first kappa shape index (κ1) is 43.4. The van der Waals surface area contributed by atoms with E-state index in [1.54, 1.807) is 0 Å². The van der Waals surface area contributed by atoms with Crippen LogP contribution in [0.15, 0.2) is 0 Å². The predicted octanol–water partition coefficient (Wildman–Crippen LogP) is 11.9. The highest BCUT2D eigenvalue weighted by atomic mass is 16.6. The van der Waals surface area contributed by atoms with Crippen molar-refractivity contribution in [2.24, 2.45) is 5.92 Å². The molecule has 2 unspecified atom stereocenters. The number of carboxylic acid groups (broad SMARTS) is 1. The van der Waals surface area contributed by atoms with Crippen LogP contribution in [0.4, 0.5) is 0 Å². The zero-order chi connectivity index (χ0) is 33.2. The van der Waals surface area contributed by atoms with E-state index in [0.29, 0.717) is 19.3 Å². The third-order valence-corrected chi connectivity index (χ3v) is 9.00. The molecule has 0 aromatic heterocycles. The maximum absolute atomic E-state index is 12.7. The molecule has 1 N–H and O–H groups in total. The van der Waals surface area contributed by atoms with E-state index in [-0.39, 0.29) is 25.0 Å². The highest BCUT2D eigenvalue weighted by molar-refractivity contribution is 5.71. The number of carbonyl (C=O) groups is 3.